The molecule has 2 heterocycles. The zero-order valence-corrected chi connectivity index (χ0v) is 11.9. The molecule has 1 atom stereocenters. The van der Waals surface area contributed by atoms with Crippen molar-refractivity contribution in [1.82, 2.24) is 14.9 Å². The number of nitrogens with zero attached hydrogens (tertiary/aromatic N) is 2. The van der Waals surface area contributed by atoms with Crippen LogP contribution in [-0.2, 0) is 12.0 Å². The maximum Gasteiger partial charge on any atom is 0.121 e. The molecule has 102 valence electrons. The van der Waals surface area contributed by atoms with E-state index in [1.165, 1.54) is 11.3 Å². The van der Waals surface area contributed by atoms with E-state index in [0.29, 0.717) is 0 Å². The third-order valence-corrected chi connectivity index (χ3v) is 4.18. The summed E-state index contributed by atoms with van der Waals surface area (Å²) in [4.78, 5) is 4.89. The molecule has 0 spiro atoms. The lowest BCUT2D eigenvalue weighted by atomic mass is 9.89. The molecule has 4 nitrogen and oxygen atoms in total. The molecule has 2 aromatic rings. The molecule has 0 bridgehead atoms. The molecule has 3 rings (SSSR count). The van der Waals surface area contributed by atoms with Crippen molar-refractivity contribution >= 4 is 11.0 Å². The van der Waals surface area contributed by atoms with E-state index in [-0.39, 0.29) is 5.41 Å². The van der Waals surface area contributed by atoms with Gasteiger partial charge in [0.1, 0.15) is 11.6 Å². The van der Waals surface area contributed by atoms with Crippen LogP contribution in [-0.4, -0.2) is 29.8 Å². The average molecular weight is 259 g/mol. The first-order valence-corrected chi connectivity index (χ1v) is 6.93. The number of hydrogen-bond acceptors (Lipinski definition) is 3. The molecule has 19 heavy (non-hydrogen) atoms. The molecule has 4 heteroatoms. The lowest BCUT2D eigenvalue weighted by Crippen LogP contribution is -2.29. The molecule has 1 N–H and O–H groups in total. The van der Waals surface area contributed by atoms with Crippen LogP contribution in [0.5, 0.6) is 5.75 Å². The number of rotatable bonds is 3. The third-order valence-electron chi connectivity index (χ3n) is 4.18. The van der Waals surface area contributed by atoms with Gasteiger partial charge in [0, 0.05) is 24.6 Å². The van der Waals surface area contributed by atoms with Gasteiger partial charge in [-0.1, -0.05) is 6.92 Å². The van der Waals surface area contributed by atoms with Gasteiger partial charge in [-0.05, 0) is 32.0 Å². The van der Waals surface area contributed by atoms with E-state index in [1.54, 1.807) is 7.11 Å². The van der Waals surface area contributed by atoms with Gasteiger partial charge in [-0.25, -0.2) is 4.98 Å². The number of imidazole rings is 1. The summed E-state index contributed by atoms with van der Waals surface area (Å²) in [6, 6.07) is 6.14. The number of ether oxygens (including phenoxy) is 1. The second-order valence-electron chi connectivity index (χ2n) is 5.52. The van der Waals surface area contributed by atoms with Gasteiger partial charge in [0.25, 0.3) is 0 Å². The summed E-state index contributed by atoms with van der Waals surface area (Å²) in [7, 11) is 1.70. The van der Waals surface area contributed by atoms with Gasteiger partial charge in [-0.2, -0.15) is 0 Å². The molecule has 0 aliphatic carbocycles. The van der Waals surface area contributed by atoms with E-state index in [2.05, 4.69) is 29.8 Å². The Bertz CT molecular complexity index is 597. The smallest absolute Gasteiger partial charge is 0.121 e. The van der Waals surface area contributed by atoms with Crippen LogP contribution in [0.15, 0.2) is 18.2 Å². The third kappa shape index (κ3) is 1.91. The van der Waals surface area contributed by atoms with Crippen molar-refractivity contribution in [1.29, 1.82) is 0 Å². The van der Waals surface area contributed by atoms with Crippen molar-refractivity contribution in [3.05, 3.63) is 24.0 Å². The summed E-state index contributed by atoms with van der Waals surface area (Å²) in [6.45, 7) is 7.52. The van der Waals surface area contributed by atoms with Crippen molar-refractivity contribution in [2.24, 2.45) is 0 Å². The Morgan fingerprint density at radius 2 is 2.32 bits per heavy atom. The Kier molecular flexibility index (Phi) is 2.97. The zero-order chi connectivity index (χ0) is 13.5. The minimum atomic E-state index is 0.141. The summed E-state index contributed by atoms with van der Waals surface area (Å²) in [5, 5.41) is 3.45. The van der Waals surface area contributed by atoms with Crippen molar-refractivity contribution in [2.75, 3.05) is 20.2 Å². The molecular weight excluding hydrogens is 238 g/mol. The molecule has 0 amide bonds. The first-order chi connectivity index (χ1) is 9.18. The number of aryl methyl sites for hydroxylation is 1. The minimum absolute atomic E-state index is 0.141. The molecule has 1 aromatic heterocycles. The van der Waals surface area contributed by atoms with Gasteiger partial charge in [0.05, 0.1) is 18.1 Å². The van der Waals surface area contributed by atoms with Gasteiger partial charge in [0.2, 0.25) is 0 Å². The Morgan fingerprint density at radius 1 is 1.47 bits per heavy atom. The highest BCUT2D eigenvalue weighted by atomic mass is 16.5. The number of hydrogen-bond donors (Lipinski definition) is 1. The fourth-order valence-electron chi connectivity index (χ4n) is 3.03. The summed E-state index contributed by atoms with van der Waals surface area (Å²) >= 11 is 0. The van der Waals surface area contributed by atoms with Crippen molar-refractivity contribution in [3.63, 3.8) is 0 Å². The first-order valence-electron chi connectivity index (χ1n) is 6.93. The maximum atomic E-state index is 5.29. The Balaban J connectivity index is 2.18. The van der Waals surface area contributed by atoms with Crippen molar-refractivity contribution in [2.45, 2.75) is 32.2 Å². The standard InChI is InChI=1S/C15H21N3O/c1-4-18-13-6-5-11(19-3)9-12(13)17-14(18)15(2)7-8-16-10-15/h5-6,9,16H,4,7-8,10H2,1-3H3. The number of fused-ring (bicyclic) bond motifs is 1. The second kappa shape index (κ2) is 4.53. The van der Waals surface area contributed by atoms with Gasteiger partial charge in [-0.3, -0.25) is 0 Å². The highest BCUT2D eigenvalue weighted by Crippen LogP contribution is 2.33. The first kappa shape index (κ1) is 12.5. The van der Waals surface area contributed by atoms with Gasteiger partial charge < -0.3 is 14.6 Å². The molecule has 1 aliphatic heterocycles. The lowest BCUT2D eigenvalue weighted by molar-refractivity contribution is 0.415. The SMILES string of the molecule is CCn1c(C2(C)CCNC2)nc2cc(OC)ccc21. The van der Waals surface area contributed by atoms with Crippen LogP contribution in [0.4, 0.5) is 0 Å². The molecule has 0 radical (unpaired) electrons. The molecule has 1 saturated heterocycles. The summed E-state index contributed by atoms with van der Waals surface area (Å²) < 4.78 is 7.63. The zero-order valence-electron chi connectivity index (χ0n) is 11.9. The molecule has 1 aliphatic rings. The fraction of sp³-hybridized carbons (Fsp3) is 0.533. The van der Waals surface area contributed by atoms with Gasteiger partial charge in [-0.15, -0.1) is 0 Å². The van der Waals surface area contributed by atoms with Crippen LogP contribution in [0.25, 0.3) is 11.0 Å². The van der Waals surface area contributed by atoms with E-state index in [9.17, 15) is 0 Å². The maximum absolute atomic E-state index is 5.29. The van der Waals surface area contributed by atoms with Gasteiger partial charge >= 0.3 is 0 Å². The quantitative estimate of drug-likeness (QED) is 0.919. The number of nitrogens with one attached hydrogen (secondary N) is 1. The van der Waals surface area contributed by atoms with Crippen molar-refractivity contribution in [3.8, 4) is 5.75 Å². The number of aromatic nitrogens is 2. The van der Waals surface area contributed by atoms with E-state index in [1.807, 2.05) is 12.1 Å². The predicted octanol–water partition coefficient (Wildman–Crippen LogP) is 2.32. The number of methoxy groups -OCH3 is 1. The monoisotopic (exact) mass is 259 g/mol. The number of benzene rings is 1. The topological polar surface area (TPSA) is 39.1 Å². The Labute approximate surface area is 113 Å². The van der Waals surface area contributed by atoms with Crippen LogP contribution in [0.3, 0.4) is 0 Å². The van der Waals surface area contributed by atoms with Crippen molar-refractivity contribution < 1.29 is 4.74 Å². The summed E-state index contributed by atoms with van der Waals surface area (Å²) in [5.41, 5.74) is 2.37. The van der Waals surface area contributed by atoms with Crippen LogP contribution < -0.4 is 10.1 Å². The fourth-order valence-corrected chi connectivity index (χ4v) is 3.03. The molecule has 0 saturated carbocycles. The van der Waals surface area contributed by atoms with E-state index < -0.39 is 0 Å². The van der Waals surface area contributed by atoms with Crippen LogP contribution in [0.2, 0.25) is 0 Å². The average Bonchev–Trinajstić information content (AvgIpc) is 3.02. The minimum Gasteiger partial charge on any atom is -0.497 e. The van der Waals surface area contributed by atoms with E-state index in [0.717, 1.165) is 37.3 Å². The molecular formula is C15H21N3O. The molecule has 1 unspecified atom stereocenters. The summed E-state index contributed by atoms with van der Waals surface area (Å²) in [5.74, 6) is 2.07. The van der Waals surface area contributed by atoms with Crippen LogP contribution >= 0.6 is 0 Å². The lowest BCUT2D eigenvalue weighted by Gasteiger charge is -2.23. The summed E-state index contributed by atoms with van der Waals surface area (Å²) in [6.07, 6.45) is 1.15. The molecule has 1 aromatic carbocycles. The highest BCUT2D eigenvalue weighted by Gasteiger charge is 2.35. The predicted molar refractivity (Wildman–Crippen MR) is 76.8 cm³/mol. The molecule has 1 fully saturated rings. The normalized spacial score (nSPS) is 23.1. The van der Waals surface area contributed by atoms with Crippen LogP contribution in [0, 0.1) is 0 Å². The second-order valence-corrected chi connectivity index (χ2v) is 5.52. The Hall–Kier alpha value is -1.55. The Morgan fingerprint density at radius 3 is 2.95 bits per heavy atom. The van der Waals surface area contributed by atoms with Crippen LogP contribution in [0.1, 0.15) is 26.1 Å². The largest absolute Gasteiger partial charge is 0.497 e. The van der Waals surface area contributed by atoms with E-state index in [4.69, 9.17) is 9.72 Å². The highest BCUT2D eigenvalue weighted by molar-refractivity contribution is 5.78. The van der Waals surface area contributed by atoms with Gasteiger partial charge in [0.15, 0.2) is 0 Å². The van der Waals surface area contributed by atoms with E-state index >= 15 is 0 Å².